The predicted molar refractivity (Wildman–Crippen MR) is 81.3 cm³/mol. The van der Waals surface area contributed by atoms with Crippen molar-refractivity contribution in [3.8, 4) is 5.75 Å². The first-order valence-corrected chi connectivity index (χ1v) is 8.61. The van der Waals surface area contributed by atoms with Gasteiger partial charge in [0.15, 0.2) is 9.84 Å². The third-order valence-electron chi connectivity index (χ3n) is 2.67. The number of anilines is 1. The first-order valence-electron chi connectivity index (χ1n) is 6.79. The molecule has 1 aromatic rings. The second-order valence-electron chi connectivity index (χ2n) is 4.48. The maximum atomic E-state index is 11.8. The fourth-order valence-electron chi connectivity index (χ4n) is 1.73. The van der Waals surface area contributed by atoms with Crippen LogP contribution in [0.25, 0.3) is 0 Å². The lowest BCUT2D eigenvalue weighted by Gasteiger charge is -2.11. The van der Waals surface area contributed by atoms with Gasteiger partial charge in [0, 0.05) is 11.8 Å². The van der Waals surface area contributed by atoms with E-state index in [0.717, 1.165) is 0 Å². The van der Waals surface area contributed by atoms with Crippen molar-refractivity contribution in [3.05, 3.63) is 23.8 Å². The summed E-state index contributed by atoms with van der Waals surface area (Å²) in [5, 5.41) is 0. The molecule has 1 rings (SSSR count). The summed E-state index contributed by atoms with van der Waals surface area (Å²) < 4.78 is 33.5. The Kier molecular flexibility index (Phi) is 6.48. The SMILES string of the molecule is CCCS(=O)(=O)CCOc1cc(N)ccc1C(=O)OCC. The molecule has 2 N–H and O–H groups in total. The van der Waals surface area contributed by atoms with E-state index in [-0.39, 0.29) is 36.0 Å². The van der Waals surface area contributed by atoms with E-state index in [1.165, 1.54) is 12.1 Å². The number of nitrogen functional groups attached to an aromatic ring is 1. The van der Waals surface area contributed by atoms with Crippen molar-refractivity contribution in [1.82, 2.24) is 0 Å². The van der Waals surface area contributed by atoms with Crippen LogP contribution in [0.4, 0.5) is 5.69 Å². The Balaban J connectivity index is 2.78. The molecule has 0 unspecified atom stereocenters. The molecule has 118 valence electrons. The van der Waals surface area contributed by atoms with Crippen LogP contribution in [-0.4, -0.2) is 39.1 Å². The zero-order valence-corrected chi connectivity index (χ0v) is 13.1. The molecule has 0 atom stereocenters. The zero-order valence-electron chi connectivity index (χ0n) is 12.3. The maximum absolute atomic E-state index is 11.8. The third-order valence-corrected chi connectivity index (χ3v) is 4.49. The maximum Gasteiger partial charge on any atom is 0.341 e. The monoisotopic (exact) mass is 315 g/mol. The molecule has 0 radical (unpaired) electrons. The van der Waals surface area contributed by atoms with Crippen LogP contribution in [0, 0.1) is 0 Å². The minimum Gasteiger partial charge on any atom is -0.492 e. The number of carbonyl (C=O) groups is 1. The summed E-state index contributed by atoms with van der Waals surface area (Å²) in [6, 6.07) is 4.55. The molecule has 0 saturated carbocycles. The standard InChI is InChI=1S/C14H21NO5S/c1-3-8-21(17,18)9-7-20-13-10-11(15)5-6-12(13)14(16)19-4-2/h5-6,10H,3-4,7-9,15H2,1-2H3. The Hall–Kier alpha value is -1.76. The van der Waals surface area contributed by atoms with Crippen molar-refractivity contribution >= 4 is 21.5 Å². The molecule has 7 heteroatoms. The highest BCUT2D eigenvalue weighted by Gasteiger charge is 2.15. The molecule has 0 aliphatic carbocycles. The topological polar surface area (TPSA) is 95.7 Å². The van der Waals surface area contributed by atoms with Gasteiger partial charge >= 0.3 is 5.97 Å². The molecule has 6 nitrogen and oxygen atoms in total. The van der Waals surface area contributed by atoms with Crippen LogP contribution in [0.3, 0.4) is 0 Å². The Morgan fingerprint density at radius 3 is 2.57 bits per heavy atom. The fraction of sp³-hybridized carbons (Fsp3) is 0.500. The average Bonchev–Trinajstić information content (AvgIpc) is 2.38. The number of ether oxygens (including phenoxy) is 2. The van der Waals surface area contributed by atoms with Crippen LogP contribution in [0.15, 0.2) is 18.2 Å². The first kappa shape index (κ1) is 17.3. The van der Waals surface area contributed by atoms with E-state index < -0.39 is 15.8 Å². The fourth-order valence-corrected chi connectivity index (χ4v) is 2.89. The van der Waals surface area contributed by atoms with E-state index in [4.69, 9.17) is 15.2 Å². The summed E-state index contributed by atoms with van der Waals surface area (Å²) in [6.45, 7) is 3.72. The summed E-state index contributed by atoms with van der Waals surface area (Å²) in [5.41, 5.74) is 6.32. The van der Waals surface area contributed by atoms with Crippen molar-refractivity contribution in [2.45, 2.75) is 20.3 Å². The number of esters is 1. The minimum absolute atomic E-state index is 0.0296. The van der Waals surface area contributed by atoms with Crippen molar-refractivity contribution < 1.29 is 22.7 Å². The molecule has 0 saturated heterocycles. The van der Waals surface area contributed by atoms with Gasteiger partial charge in [0.1, 0.15) is 17.9 Å². The lowest BCUT2D eigenvalue weighted by molar-refractivity contribution is 0.0522. The lowest BCUT2D eigenvalue weighted by Crippen LogP contribution is -2.18. The van der Waals surface area contributed by atoms with Crippen LogP contribution in [0.5, 0.6) is 5.75 Å². The van der Waals surface area contributed by atoms with E-state index in [1.54, 1.807) is 19.9 Å². The number of hydrogen-bond acceptors (Lipinski definition) is 6. The molecule has 1 aromatic carbocycles. The molecular weight excluding hydrogens is 294 g/mol. The number of nitrogens with two attached hydrogens (primary N) is 1. The molecule has 0 aliphatic rings. The Bertz CT molecular complexity index is 583. The van der Waals surface area contributed by atoms with Gasteiger partial charge in [0.25, 0.3) is 0 Å². The largest absolute Gasteiger partial charge is 0.492 e. The van der Waals surface area contributed by atoms with E-state index >= 15 is 0 Å². The van der Waals surface area contributed by atoms with Gasteiger partial charge in [-0.1, -0.05) is 6.92 Å². The number of carbonyl (C=O) groups excluding carboxylic acids is 1. The number of hydrogen-bond donors (Lipinski definition) is 1. The highest BCUT2D eigenvalue weighted by atomic mass is 32.2. The summed E-state index contributed by atoms with van der Waals surface area (Å²) in [7, 11) is -3.13. The average molecular weight is 315 g/mol. The Morgan fingerprint density at radius 1 is 1.24 bits per heavy atom. The smallest absolute Gasteiger partial charge is 0.341 e. The van der Waals surface area contributed by atoms with Gasteiger partial charge in [-0.25, -0.2) is 13.2 Å². The molecule has 0 amide bonds. The van der Waals surface area contributed by atoms with Crippen LogP contribution in [0.2, 0.25) is 0 Å². The van der Waals surface area contributed by atoms with E-state index in [0.29, 0.717) is 12.1 Å². The molecule has 0 aromatic heterocycles. The minimum atomic E-state index is -3.13. The molecule has 0 aliphatic heterocycles. The molecule has 0 fully saturated rings. The highest BCUT2D eigenvalue weighted by Crippen LogP contribution is 2.23. The zero-order chi connectivity index (χ0) is 15.9. The molecule has 0 bridgehead atoms. The third kappa shape index (κ3) is 5.63. The quantitative estimate of drug-likeness (QED) is 0.579. The Labute approximate surface area is 125 Å². The predicted octanol–water partition coefficient (Wildman–Crippen LogP) is 1.65. The van der Waals surface area contributed by atoms with Gasteiger partial charge < -0.3 is 15.2 Å². The molecule has 0 heterocycles. The summed E-state index contributed by atoms with van der Waals surface area (Å²) in [5.74, 6) is -0.264. The van der Waals surface area contributed by atoms with Crippen LogP contribution in [0.1, 0.15) is 30.6 Å². The number of benzene rings is 1. The summed E-state index contributed by atoms with van der Waals surface area (Å²) in [6.07, 6.45) is 0.564. The second-order valence-corrected chi connectivity index (χ2v) is 6.78. The van der Waals surface area contributed by atoms with E-state index in [2.05, 4.69) is 0 Å². The van der Waals surface area contributed by atoms with Crippen molar-refractivity contribution in [3.63, 3.8) is 0 Å². The number of sulfone groups is 1. The van der Waals surface area contributed by atoms with E-state index in [9.17, 15) is 13.2 Å². The first-order chi connectivity index (χ1) is 9.89. The van der Waals surface area contributed by atoms with Crippen molar-refractivity contribution in [2.24, 2.45) is 0 Å². The second kappa shape index (κ2) is 7.87. The van der Waals surface area contributed by atoms with Gasteiger partial charge in [0.2, 0.25) is 0 Å². The van der Waals surface area contributed by atoms with Crippen LogP contribution >= 0.6 is 0 Å². The van der Waals surface area contributed by atoms with E-state index in [1.807, 2.05) is 0 Å². The molecule has 21 heavy (non-hydrogen) atoms. The molecule has 0 spiro atoms. The van der Waals surface area contributed by atoms with Gasteiger partial charge in [-0.15, -0.1) is 0 Å². The van der Waals surface area contributed by atoms with Gasteiger partial charge in [0.05, 0.1) is 18.1 Å². The summed E-state index contributed by atoms with van der Waals surface area (Å²) >= 11 is 0. The van der Waals surface area contributed by atoms with Gasteiger partial charge in [-0.3, -0.25) is 0 Å². The lowest BCUT2D eigenvalue weighted by atomic mass is 10.2. The highest BCUT2D eigenvalue weighted by molar-refractivity contribution is 7.91. The van der Waals surface area contributed by atoms with Gasteiger partial charge in [-0.05, 0) is 25.5 Å². The summed E-state index contributed by atoms with van der Waals surface area (Å²) in [4.78, 5) is 11.8. The molecular formula is C14H21NO5S. The van der Waals surface area contributed by atoms with Gasteiger partial charge in [-0.2, -0.15) is 0 Å². The van der Waals surface area contributed by atoms with Crippen molar-refractivity contribution in [2.75, 3.05) is 30.5 Å². The normalized spacial score (nSPS) is 11.1. The van der Waals surface area contributed by atoms with Crippen LogP contribution in [-0.2, 0) is 14.6 Å². The van der Waals surface area contributed by atoms with Crippen LogP contribution < -0.4 is 10.5 Å². The number of rotatable bonds is 8. The van der Waals surface area contributed by atoms with Crippen molar-refractivity contribution in [1.29, 1.82) is 0 Å². The Morgan fingerprint density at radius 2 is 1.95 bits per heavy atom.